The van der Waals surface area contributed by atoms with Crippen LogP contribution >= 0.6 is 20.0 Å². The lowest BCUT2D eigenvalue weighted by atomic mass is 10.3. The highest BCUT2D eigenvalue weighted by molar-refractivity contribution is 7.99. The van der Waals surface area contributed by atoms with E-state index >= 15 is 0 Å². The van der Waals surface area contributed by atoms with E-state index in [1.807, 2.05) is 0 Å². The van der Waals surface area contributed by atoms with Crippen molar-refractivity contribution in [1.29, 1.82) is 0 Å². The lowest BCUT2D eigenvalue weighted by Gasteiger charge is -2.08. The molecule has 0 amide bonds. The highest BCUT2D eigenvalue weighted by atomic mass is 32.2. The Morgan fingerprint density at radius 1 is 1.39 bits per heavy atom. The Morgan fingerprint density at radius 2 is 2.06 bits per heavy atom. The van der Waals surface area contributed by atoms with Gasteiger partial charge < -0.3 is 4.52 Å². The molecule has 18 heavy (non-hydrogen) atoms. The van der Waals surface area contributed by atoms with Crippen LogP contribution in [-0.2, 0) is 28.2 Å². The average Bonchev–Trinajstić information content (AvgIpc) is 2.35. The summed E-state index contributed by atoms with van der Waals surface area (Å²) in [5.74, 6) is -0.984. The molecular formula is C8H10FO6PS2. The van der Waals surface area contributed by atoms with Crippen molar-refractivity contribution in [3.05, 3.63) is 24.0 Å². The Hall–Kier alpha value is -0.440. The molecule has 0 aromatic heterocycles. The third-order valence-electron chi connectivity index (χ3n) is 1.76. The van der Waals surface area contributed by atoms with E-state index < -0.39 is 29.1 Å². The maximum atomic E-state index is 13.5. The number of hydrogen-bond donors (Lipinski definition) is 0. The first-order valence-corrected chi connectivity index (χ1v) is 8.29. The minimum absolute atomic E-state index is 0.149. The van der Waals surface area contributed by atoms with Gasteiger partial charge in [0, 0.05) is 12.0 Å². The van der Waals surface area contributed by atoms with Crippen molar-refractivity contribution in [2.75, 3.05) is 13.4 Å². The molecule has 1 unspecified atom stereocenters. The van der Waals surface area contributed by atoms with Crippen LogP contribution in [-0.4, -0.2) is 21.8 Å². The Balaban J connectivity index is 3.09. The summed E-state index contributed by atoms with van der Waals surface area (Å²) in [7, 11) is -6.54. The first kappa shape index (κ1) is 15.6. The molecule has 10 heteroatoms. The van der Waals surface area contributed by atoms with E-state index in [-0.39, 0.29) is 4.90 Å². The van der Waals surface area contributed by atoms with Gasteiger partial charge in [0.05, 0.1) is 0 Å². The van der Waals surface area contributed by atoms with Crippen molar-refractivity contribution in [1.82, 2.24) is 0 Å². The van der Waals surface area contributed by atoms with Gasteiger partial charge in [-0.05, 0) is 18.4 Å². The Morgan fingerprint density at radius 3 is 2.61 bits per heavy atom. The predicted octanol–water partition coefficient (Wildman–Crippen LogP) is 2.22. The second-order valence-corrected chi connectivity index (χ2v) is 6.21. The van der Waals surface area contributed by atoms with Crippen molar-refractivity contribution >= 4 is 30.1 Å². The summed E-state index contributed by atoms with van der Waals surface area (Å²) in [5, 5.41) is 0. The summed E-state index contributed by atoms with van der Waals surface area (Å²) in [5.41, 5.74) is 0. The lowest BCUT2D eigenvalue weighted by molar-refractivity contribution is -0.0965. The zero-order chi connectivity index (χ0) is 13.8. The summed E-state index contributed by atoms with van der Waals surface area (Å²) in [6.07, 6.45) is 1.58. The third-order valence-corrected chi connectivity index (χ3v) is 4.50. The Bertz CT molecular complexity index is 547. The maximum Gasteiger partial charge on any atom is 0.348 e. The monoisotopic (exact) mass is 316 g/mol. The Kier molecular flexibility index (Phi) is 5.77. The molecule has 0 aliphatic carbocycles. The van der Waals surface area contributed by atoms with Gasteiger partial charge in [0.25, 0.3) is 0 Å². The van der Waals surface area contributed by atoms with Gasteiger partial charge in [-0.2, -0.15) is 8.42 Å². The van der Waals surface area contributed by atoms with Crippen molar-refractivity contribution < 1.29 is 30.9 Å². The van der Waals surface area contributed by atoms with Crippen LogP contribution in [0.3, 0.4) is 0 Å². The molecule has 0 fully saturated rings. The fourth-order valence-electron chi connectivity index (χ4n) is 1.03. The van der Waals surface area contributed by atoms with Crippen molar-refractivity contribution in [3.63, 3.8) is 0 Å². The van der Waals surface area contributed by atoms with E-state index in [1.165, 1.54) is 12.1 Å². The number of thioether (sulfide) groups is 1. The van der Waals surface area contributed by atoms with Crippen LogP contribution in [0.5, 0.6) is 0 Å². The van der Waals surface area contributed by atoms with Crippen LogP contribution in [0.4, 0.5) is 4.39 Å². The van der Waals surface area contributed by atoms with Crippen LogP contribution in [0.1, 0.15) is 0 Å². The molecule has 0 N–H and O–H groups in total. The molecule has 0 aliphatic heterocycles. The number of halogens is 1. The molecule has 0 spiro atoms. The van der Waals surface area contributed by atoms with Crippen LogP contribution in [0, 0.1) is 5.82 Å². The van der Waals surface area contributed by atoms with E-state index in [1.54, 1.807) is 6.26 Å². The topological polar surface area (TPSA) is 78.9 Å². The molecule has 102 valence electrons. The van der Waals surface area contributed by atoms with Crippen molar-refractivity contribution in [2.24, 2.45) is 0 Å². The van der Waals surface area contributed by atoms with E-state index in [4.69, 9.17) is 0 Å². The van der Waals surface area contributed by atoms with Gasteiger partial charge in [0.15, 0.2) is 0 Å². The molecule has 0 saturated carbocycles. The third kappa shape index (κ3) is 3.78. The molecule has 0 radical (unpaired) electrons. The SMILES string of the molecule is CO[PH](=O)OOS(=O)(=O)c1c(F)cccc1SC. The maximum absolute atomic E-state index is 13.5. The number of benzene rings is 1. The van der Waals surface area contributed by atoms with Crippen molar-refractivity contribution in [3.8, 4) is 0 Å². The lowest BCUT2D eigenvalue weighted by Crippen LogP contribution is -2.08. The van der Waals surface area contributed by atoms with Crippen LogP contribution in [0.15, 0.2) is 28.0 Å². The Labute approximate surface area is 108 Å². The standard InChI is InChI=1S/C8H10FO6PS2/c1-13-16(10)14-15-18(11,12)8-6(9)4-3-5-7(8)17-2/h3-5,16H,1-2H3. The fourth-order valence-corrected chi connectivity index (χ4v) is 3.42. The predicted molar refractivity (Wildman–Crippen MR) is 63.5 cm³/mol. The number of rotatable bonds is 6. The van der Waals surface area contributed by atoms with E-state index in [2.05, 4.69) is 13.5 Å². The molecule has 1 atom stereocenters. The zero-order valence-electron chi connectivity index (χ0n) is 9.38. The minimum Gasteiger partial charge on any atom is -0.312 e. The molecule has 0 aliphatic rings. The van der Waals surface area contributed by atoms with Gasteiger partial charge in [-0.1, -0.05) is 10.4 Å². The fraction of sp³-hybridized carbons (Fsp3) is 0.250. The summed E-state index contributed by atoms with van der Waals surface area (Å²) >= 11 is 1.02. The molecule has 1 rings (SSSR count). The quantitative estimate of drug-likeness (QED) is 0.344. The van der Waals surface area contributed by atoms with Gasteiger partial charge >= 0.3 is 18.4 Å². The van der Waals surface area contributed by atoms with E-state index in [9.17, 15) is 17.4 Å². The highest BCUT2D eigenvalue weighted by Gasteiger charge is 2.26. The normalized spacial score (nSPS) is 13.5. The summed E-state index contributed by atoms with van der Waals surface area (Å²) < 4.78 is 59.9. The molecule has 0 saturated heterocycles. The number of hydrogen-bond acceptors (Lipinski definition) is 7. The largest absolute Gasteiger partial charge is 0.348 e. The van der Waals surface area contributed by atoms with Crippen LogP contribution < -0.4 is 0 Å². The molecule has 1 aromatic carbocycles. The van der Waals surface area contributed by atoms with Crippen molar-refractivity contribution in [2.45, 2.75) is 9.79 Å². The van der Waals surface area contributed by atoms with Crippen LogP contribution in [0.25, 0.3) is 0 Å². The molecule has 0 bridgehead atoms. The van der Waals surface area contributed by atoms with Gasteiger partial charge in [-0.15, -0.1) is 16.4 Å². The van der Waals surface area contributed by atoms with Gasteiger partial charge in [-0.3, -0.25) is 4.57 Å². The van der Waals surface area contributed by atoms with E-state index in [0.717, 1.165) is 24.9 Å². The average molecular weight is 316 g/mol. The molecule has 0 heterocycles. The minimum atomic E-state index is -4.51. The highest BCUT2D eigenvalue weighted by Crippen LogP contribution is 2.31. The second-order valence-electron chi connectivity index (χ2n) is 2.83. The second kappa shape index (κ2) is 6.65. The summed E-state index contributed by atoms with van der Waals surface area (Å²) in [4.78, 5) is -0.515. The summed E-state index contributed by atoms with van der Waals surface area (Å²) in [6.45, 7) is 0. The van der Waals surface area contributed by atoms with Gasteiger partial charge in [0.1, 0.15) is 10.7 Å². The molecule has 1 aromatic rings. The molecule has 6 nitrogen and oxygen atoms in total. The smallest absolute Gasteiger partial charge is 0.312 e. The van der Waals surface area contributed by atoms with Gasteiger partial charge in [0.2, 0.25) is 0 Å². The summed E-state index contributed by atoms with van der Waals surface area (Å²) in [6, 6.07) is 3.73. The van der Waals surface area contributed by atoms with Crippen LogP contribution in [0.2, 0.25) is 0 Å². The molecular weight excluding hydrogens is 306 g/mol. The van der Waals surface area contributed by atoms with E-state index in [0.29, 0.717) is 0 Å². The zero-order valence-corrected chi connectivity index (χ0v) is 12.0. The first-order chi connectivity index (χ1) is 8.42. The van der Waals surface area contributed by atoms with Gasteiger partial charge in [-0.25, -0.2) is 4.39 Å². The first-order valence-electron chi connectivity index (χ1n) is 4.44.